The van der Waals surface area contributed by atoms with Crippen LogP contribution < -0.4 is 4.90 Å². The van der Waals surface area contributed by atoms with Crippen molar-refractivity contribution in [1.82, 2.24) is 9.88 Å². The van der Waals surface area contributed by atoms with E-state index in [0.717, 1.165) is 11.5 Å². The Morgan fingerprint density at radius 2 is 1.96 bits per heavy atom. The molecule has 2 heterocycles. The maximum atomic E-state index is 4.71. The Kier molecular flexibility index (Phi) is 4.97. The fourth-order valence-electron chi connectivity index (χ4n) is 3.47. The molecule has 1 aliphatic heterocycles. The van der Waals surface area contributed by atoms with Crippen LogP contribution in [0.3, 0.4) is 0 Å². The number of pyridine rings is 1. The van der Waals surface area contributed by atoms with Gasteiger partial charge in [-0.25, -0.2) is 4.98 Å². The minimum absolute atomic E-state index is 0.543. The van der Waals surface area contributed by atoms with Gasteiger partial charge in [-0.1, -0.05) is 38.1 Å². The van der Waals surface area contributed by atoms with Gasteiger partial charge in [-0.05, 0) is 49.1 Å². The van der Waals surface area contributed by atoms with Crippen molar-refractivity contribution >= 4 is 11.5 Å². The third-order valence-corrected chi connectivity index (χ3v) is 4.61. The first-order chi connectivity index (χ1) is 11.1. The van der Waals surface area contributed by atoms with Crippen molar-refractivity contribution in [3.8, 4) is 0 Å². The molecule has 1 aromatic heterocycles. The molecule has 0 N–H and O–H groups in total. The van der Waals surface area contributed by atoms with Gasteiger partial charge in [0.15, 0.2) is 0 Å². The summed E-state index contributed by atoms with van der Waals surface area (Å²) in [4.78, 5) is 9.46. The fourth-order valence-corrected chi connectivity index (χ4v) is 3.47. The van der Waals surface area contributed by atoms with E-state index in [1.165, 1.54) is 31.5 Å². The molecule has 0 radical (unpaired) electrons. The molecular weight excluding hydrogens is 282 g/mol. The molecule has 0 aliphatic carbocycles. The molecule has 3 rings (SSSR count). The summed E-state index contributed by atoms with van der Waals surface area (Å²) >= 11 is 0. The predicted octanol–water partition coefficient (Wildman–Crippen LogP) is 4.64. The smallest absolute Gasteiger partial charge is 0.132 e. The molecule has 0 bridgehead atoms. The van der Waals surface area contributed by atoms with E-state index in [1.807, 2.05) is 6.07 Å². The summed E-state index contributed by atoms with van der Waals surface area (Å²) in [7, 11) is 2.07. The third kappa shape index (κ3) is 3.73. The number of likely N-dealkylation sites (tertiary alicyclic amines) is 1. The summed E-state index contributed by atoms with van der Waals surface area (Å²) in [5, 5.41) is 0. The number of hydrogen-bond donors (Lipinski definition) is 0. The van der Waals surface area contributed by atoms with Crippen molar-refractivity contribution in [1.29, 1.82) is 0 Å². The minimum Gasteiger partial charge on any atom is -0.329 e. The van der Waals surface area contributed by atoms with Gasteiger partial charge in [0.25, 0.3) is 0 Å². The van der Waals surface area contributed by atoms with Crippen molar-refractivity contribution in [3.63, 3.8) is 0 Å². The molecule has 0 spiro atoms. The molecule has 1 saturated heterocycles. The number of aromatic nitrogens is 1. The summed E-state index contributed by atoms with van der Waals surface area (Å²) in [5.74, 6) is 1.71. The maximum absolute atomic E-state index is 4.71. The van der Waals surface area contributed by atoms with Gasteiger partial charge in [0.05, 0.1) is 0 Å². The van der Waals surface area contributed by atoms with E-state index in [0.29, 0.717) is 12.0 Å². The Hall–Kier alpha value is -1.87. The van der Waals surface area contributed by atoms with Gasteiger partial charge in [0.2, 0.25) is 0 Å². The monoisotopic (exact) mass is 309 g/mol. The van der Waals surface area contributed by atoms with Crippen LogP contribution in [0.4, 0.5) is 11.5 Å². The lowest BCUT2D eigenvalue weighted by molar-refractivity contribution is 0.228. The van der Waals surface area contributed by atoms with E-state index in [1.54, 1.807) is 0 Å². The molecule has 0 unspecified atom stereocenters. The van der Waals surface area contributed by atoms with Gasteiger partial charge < -0.3 is 4.90 Å². The summed E-state index contributed by atoms with van der Waals surface area (Å²) in [6.45, 7) is 6.99. The summed E-state index contributed by atoms with van der Waals surface area (Å²) in [5.41, 5.74) is 2.52. The average molecular weight is 309 g/mol. The Bertz CT molecular complexity index is 607. The second-order valence-electron chi connectivity index (χ2n) is 6.89. The average Bonchev–Trinajstić information content (AvgIpc) is 3.02. The predicted molar refractivity (Wildman–Crippen MR) is 97.1 cm³/mol. The fraction of sp³-hybridized carbons (Fsp3) is 0.450. The van der Waals surface area contributed by atoms with Crippen LogP contribution in [-0.2, 0) is 0 Å². The van der Waals surface area contributed by atoms with Gasteiger partial charge in [0.1, 0.15) is 5.82 Å². The van der Waals surface area contributed by atoms with Crippen molar-refractivity contribution in [3.05, 3.63) is 54.2 Å². The normalized spacial score (nSPS) is 18.5. The highest BCUT2D eigenvalue weighted by molar-refractivity contribution is 5.58. The number of rotatable bonds is 5. The van der Waals surface area contributed by atoms with Crippen molar-refractivity contribution in [2.75, 3.05) is 25.0 Å². The van der Waals surface area contributed by atoms with Crippen molar-refractivity contribution < 1.29 is 0 Å². The van der Waals surface area contributed by atoms with Crippen molar-refractivity contribution in [2.24, 2.45) is 5.92 Å². The van der Waals surface area contributed by atoms with E-state index >= 15 is 0 Å². The molecule has 3 heteroatoms. The van der Waals surface area contributed by atoms with Crippen LogP contribution in [0, 0.1) is 5.92 Å². The van der Waals surface area contributed by atoms with E-state index in [-0.39, 0.29) is 0 Å². The standard InChI is InChI=1S/C20H27N3/c1-16(2)15-23-13-7-10-19(23)17-11-12-20(21-14-17)22(3)18-8-5-4-6-9-18/h4-6,8-9,11-12,14,16,19H,7,10,13,15H2,1-3H3/t19-/m1/s1. The maximum Gasteiger partial charge on any atom is 0.132 e. The zero-order valence-corrected chi connectivity index (χ0v) is 14.4. The highest BCUT2D eigenvalue weighted by Gasteiger charge is 2.26. The lowest BCUT2D eigenvalue weighted by Gasteiger charge is -2.26. The highest BCUT2D eigenvalue weighted by Crippen LogP contribution is 2.33. The molecule has 122 valence electrons. The molecular formula is C20H27N3. The number of hydrogen-bond acceptors (Lipinski definition) is 3. The lowest BCUT2D eigenvalue weighted by Crippen LogP contribution is -2.27. The Balaban J connectivity index is 1.74. The number of benzene rings is 1. The number of para-hydroxylation sites is 1. The molecule has 1 atom stereocenters. The lowest BCUT2D eigenvalue weighted by atomic mass is 10.1. The van der Waals surface area contributed by atoms with Crippen molar-refractivity contribution in [2.45, 2.75) is 32.7 Å². The van der Waals surface area contributed by atoms with Crippen LogP contribution in [-0.4, -0.2) is 30.0 Å². The van der Waals surface area contributed by atoms with Gasteiger partial charge >= 0.3 is 0 Å². The zero-order chi connectivity index (χ0) is 16.2. The van der Waals surface area contributed by atoms with E-state index in [4.69, 9.17) is 4.98 Å². The number of nitrogens with zero attached hydrogens (tertiary/aromatic N) is 3. The first-order valence-electron chi connectivity index (χ1n) is 8.64. The zero-order valence-electron chi connectivity index (χ0n) is 14.4. The largest absolute Gasteiger partial charge is 0.329 e. The topological polar surface area (TPSA) is 19.4 Å². The van der Waals surface area contributed by atoms with Crippen LogP contribution in [0.1, 0.15) is 38.3 Å². The Morgan fingerprint density at radius 1 is 1.17 bits per heavy atom. The van der Waals surface area contributed by atoms with E-state index in [9.17, 15) is 0 Å². The van der Waals surface area contributed by atoms with E-state index in [2.05, 4.69) is 73.3 Å². The first-order valence-corrected chi connectivity index (χ1v) is 8.64. The molecule has 2 aromatic rings. The second-order valence-corrected chi connectivity index (χ2v) is 6.89. The number of anilines is 2. The SMILES string of the molecule is CC(C)CN1CCC[C@@H]1c1ccc(N(C)c2ccccc2)nc1. The van der Waals surface area contributed by atoms with Crippen LogP contribution >= 0.6 is 0 Å². The molecule has 0 saturated carbocycles. The summed E-state index contributed by atoms with van der Waals surface area (Å²) in [6.07, 6.45) is 4.61. The quantitative estimate of drug-likeness (QED) is 0.802. The van der Waals surface area contributed by atoms with Gasteiger partial charge in [-0.2, -0.15) is 0 Å². The Labute approximate surface area is 140 Å². The molecule has 3 nitrogen and oxygen atoms in total. The molecule has 1 aromatic carbocycles. The van der Waals surface area contributed by atoms with Gasteiger partial charge in [0, 0.05) is 31.5 Å². The highest BCUT2D eigenvalue weighted by atomic mass is 15.2. The van der Waals surface area contributed by atoms with Gasteiger partial charge in [-0.15, -0.1) is 0 Å². The molecule has 23 heavy (non-hydrogen) atoms. The van der Waals surface area contributed by atoms with Crippen LogP contribution in [0.2, 0.25) is 0 Å². The van der Waals surface area contributed by atoms with E-state index < -0.39 is 0 Å². The summed E-state index contributed by atoms with van der Waals surface area (Å²) in [6, 6.07) is 15.3. The van der Waals surface area contributed by atoms with Crippen LogP contribution in [0.15, 0.2) is 48.7 Å². The minimum atomic E-state index is 0.543. The molecule has 1 aliphatic rings. The van der Waals surface area contributed by atoms with Crippen LogP contribution in [0.5, 0.6) is 0 Å². The molecule has 0 amide bonds. The molecule has 1 fully saturated rings. The first kappa shape index (κ1) is 16.0. The van der Waals surface area contributed by atoms with Gasteiger partial charge in [-0.3, -0.25) is 4.90 Å². The van der Waals surface area contributed by atoms with Crippen LogP contribution in [0.25, 0.3) is 0 Å². The summed E-state index contributed by atoms with van der Waals surface area (Å²) < 4.78 is 0. The Morgan fingerprint density at radius 3 is 2.61 bits per heavy atom. The third-order valence-electron chi connectivity index (χ3n) is 4.61. The second kappa shape index (κ2) is 7.14.